The number of pyridine rings is 1. The Morgan fingerprint density at radius 3 is 2.39 bits per heavy atom. The molecule has 0 bridgehead atoms. The Bertz CT molecular complexity index is 1150. The molecule has 3 rings (SSSR count). The zero-order chi connectivity index (χ0) is 22.3. The summed E-state index contributed by atoms with van der Waals surface area (Å²) in [7, 11) is -2.48. The van der Waals surface area contributed by atoms with Crippen molar-refractivity contribution in [2.75, 3.05) is 18.9 Å². The van der Waals surface area contributed by atoms with E-state index in [9.17, 15) is 18.0 Å². The lowest BCUT2D eigenvalue weighted by Crippen LogP contribution is -2.35. The van der Waals surface area contributed by atoms with Gasteiger partial charge in [0.2, 0.25) is 15.9 Å². The lowest BCUT2D eigenvalue weighted by atomic mass is 10.1. The Morgan fingerprint density at radius 2 is 1.68 bits per heavy atom. The van der Waals surface area contributed by atoms with Crippen molar-refractivity contribution in [1.29, 1.82) is 0 Å². The van der Waals surface area contributed by atoms with Gasteiger partial charge in [-0.1, -0.05) is 36.4 Å². The molecular formula is C22H22N4O4S. The summed E-state index contributed by atoms with van der Waals surface area (Å²) in [6, 6.07) is 18.0. The summed E-state index contributed by atoms with van der Waals surface area (Å²) < 4.78 is 26.1. The minimum atomic E-state index is -3.80. The zero-order valence-corrected chi connectivity index (χ0v) is 17.7. The number of nitrogens with zero attached hydrogens (tertiary/aromatic N) is 2. The first-order chi connectivity index (χ1) is 14.9. The summed E-state index contributed by atoms with van der Waals surface area (Å²) in [6.45, 7) is -0.115. The van der Waals surface area contributed by atoms with Gasteiger partial charge in [0, 0.05) is 26.0 Å². The molecule has 160 valence electrons. The van der Waals surface area contributed by atoms with E-state index in [0.29, 0.717) is 5.69 Å². The fourth-order valence-corrected chi connectivity index (χ4v) is 3.97. The first kappa shape index (κ1) is 22.1. The van der Waals surface area contributed by atoms with Gasteiger partial charge in [0.25, 0.3) is 5.91 Å². The summed E-state index contributed by atoms with van der Waals surface area (Å²) in [6.07, 6.45) is 3.29. The van der Waals surface area contributed by atoms with Crippen LogP contribution in [0.5, 0.6) is 0 Å². The minimum absolute atomic E-state index is 0.0977. The van der Waals surface area contributed by atoms with Crippen molar-refractivity contribution in [3.8, 4) is 0 Å². The van der Waals surface area contributed by atoms with Crippen LogP contribution in [0.2, 0.25) is 0 Å². The maximum atomic E-state index is 12.6. The maximum absolute atomic E-state index is 12.6. The number of para-hydroxylation sites is 1. The lowest BCUT2D eigenvalue weighted by molar-refractivity contribution is -0.116. The topological polar surface area (TPSA) is 108 Å². The molecule has 0 atom stereocenters. The van der Waals surface area contributed by atoms with Crippen LogP contribution in [0.3, 0.4) is 0 Å². The Balaban J connectivity index is 1.66. The predicted octanol–water partition coefficient (Wildman–Crippen LogP) is 2.27. The smallest absolute Gasteiger partial charge is 0.253 e. The lowest BCUT2D eigenvalue weighted by Gasteiger charge is -2.17. The van der Waals surface area contributed by atoms with Gasteiger partial charge in [-0.05, 0) is 35.9 Å². The van der Waals surface area contributed by atoms with Crippen molar-refractivity contribution in [3.63, 3.8) is 0 Å². The molecule has 31 heavy (non-hydrogen) atoms. The quantitative estimate of drug-likeness (QED) is 0.561. The molecule has 2 aromatic carbocycles. The Hall–Kier alpha value is -3.56. The van der Waals surface area contributed by atoms with Crippen molar-refractivity contribution in [1.82, 2.24) is 14.6 Å². The normalized spacial score (nSPS) is 11.2. The van der Waals surface area contributed by atoms with Crippen LogP contribution in [0, 0.1) is 0 Å². The second-order valence-electron chi connectivity index (χ2n) is 6.71. The molecule has 8 nitrogen and oxygen atoms in total. The highest BCUT2D eigenvalue weighted by Gasteiger charge is 2.23. The second-order valence-corrected chi connectivity index (χ2v) is 8.76. The summed E-state index contributed by atoms with van der Waals surface area (Å²) in [5.74, 6) is -0.931. The number of amides is 2. The van der Waals surface area contributed by atoms with Crippen LogP contribution < -0.4 is 10.6 Å². The van der Waals surface area contributed by atoms with E-state index in [-0.39, 0.29) is 22.9 Å². The number of anilines is 1. The second kappa shape index (κ2) is 9.96. The predicted molar refractivity (Wildman–Crippen MR) is 117 cm³/mol. The minimum Gasteiger partial charge on any atom is -0.348 e. The molecule has 0 aliphatic carbocycles. The number of aromatic nitrogens is 1. The van der Waals surface area contributed by atoms with Gasteiger partial charge in [-0.3, -0.25) is 14.6 Å². The molecular weight excluding hydrogens is 416 g/mol. The Morgan fingerprint density at radius 1 is 0.968 bits per heavy atom. The van der Waals surface area contributed by atoms with E-state index < -0.39 is 22.5 Å². The highest BCUT2D eigenvalue weighted by molar-refractivity contribution is 7.89. The van der Waals surface area contributed by atoms with Crippen LogP contribution >= 0.6 is 0 Å². The summed E-state index contributed by atoms with van der Waals surface area (Å²) in [4.78, 5) is 29.2. The third kappa shape index (κ3) is 5.74. The molecule has 0 aliphatic rings. The van der Waals surface area contributed by atoms with Crippen LogP contribution in [0.25, 0.3) is 0 Å². The largest absolute Gasteiger partial charge is 0.348 e. The summed E-state index contributed by atoms with van der Waals surface area (Å²) in [5, 5.41) is 5.40. The highest BCUT2D eigenvalue weighted by Crippen LogP contribution is 2.17. The molecule has 1 aromatic heterocycles. The van der Waals surface area contributed by atoms with Gasteiger partial charge in [-0.25, -0.2) is 8.42 Å². The maximum Gasteiger partial charge on any atom is 0.253 e. The molecule has 0 fully saturated rings. The van der Waals surface area contributed by atoms with Crippen LogP contribution in [0.15, 0.2) is 84.0 Å². The van der Waals surface area contributed by atoms with Crippen LogP contribution in [-0.4, -0.2) is 43.1 Å². The first-order valence-electron chi connectivity index (χ1n) is 9.45. The monoisotopic (exact) mass is 438 g/mol. The average molecular weight is 439 g/mol. The Labute approximate surface area is 181 Å². The third-order valence-electron chi connectivity index (χ3n) is 4.44. The highest BCUT2D eigenvalue weighted by atomic mass is 32.2. The van der Waals surface area contributed by atoms with Crippen LogP contribution in [0.1, 0.15) is 15.9 Å². The molecule has 1 heterocycles. The van der Waals surface area contributed by atoms with Gasteiger partial charge in [-0.2, -0.15) is 4.31 Å². The molecule has 0 unspecified atom stereocenters. The number of carbonyl (C=O) groups excluding carboxylic acids is 2. The van der Waals surface area contributed by atoms with Crippen molar-refractivity contribution >= 4 is 27.5 Å². The van der Waals surface area contributed by atoms with Crippen LogP contribution in [-0.2, 0) is 21.4 Å². The fourth-order valence-electron chi connectivity index (χ4n) is 2.82. The van der Waals surface area contributed by atoms with Crippen molar-refractivity contribution < 1.29 is 18.0 Å². The van der Waals surface area contributed by atoms with Gasteiger partial charge in [0.1, 0.15) is 0 Å². The van der Waals surface area contributed by atoms with E-state index in [1.165, 1.54) is 19.2 Å². The number of benzene rings is 2. The van der Waals surface area contributed by atoms with E-state index in [0.717, 1.165) is 9.87 Å². The molecule has 0 spiro atoms. The fraction of sp³-hybridized carbons (Fsp3) is 0.136. The number of carbonyl (C=O) groups is 2. The third-order valence-corrected chi connectivity index (χ3v) is 6.26. The van der Waals surface area contributed by atoms with Gasteiger partial charge < -0.3 is 10.6 Å². The summed E-state index contributed by atoms with van der Waals surface area (Å²) >= 11 is 0. The SMILES string of the molecule is CN(CC(=O)Nc1ccccc1C(=O)NCc1cccnc1)S(=O)(=O)c1ccccc1. The van der Waals surface area contributed by atoms with E-state index in [1.807, 2.05) is 6.07 Å². The zero-order valence-electron chi connectivity index (χ0n) is 16.9. The summed E-state index contributed by atoms with van der Waals surface area (Å²) in [5.41, 5.74) is 1.40. The first-order valence-corrected chi connectivity index (χ1v) is 10.9. The van der Waals surface area contributed by atoms with E-state index in [2.05, 4.69) is 15.6 Å². The van der Waals surface area contributed by atoms with Gasteiger partial charge >= 0.3 is 0 Å². The number of hydrogen-bond acceptors (Lipinski definition) is 5. The van der Waals surface area contributed by atoms with Crippen LogP contribution in [0.4, 0.5) is 5.69 Å². The molecule has 3 aromatic rings. The molecule has 0 saturated carbocycles. The molecule has 0 radical (unpaired) electrons. The molecule has 2 amide bonds. The molecule has 0 saturated heterocycles. The number of likely N-dealkylation sites (N-methyl/N-ethyl adjacent to an activating group) is 1. The van der Waals surface area contributed by atoms with Crippen molar-refractivity contribution in [2.24, 2.45) is 0 Å². The molecule has 9 heteroatoms. The van der Waals surface area contributed by atoms with E-state index >= 15 is 0 Å². The standard InChI is InChI=1S/C22H22N4O4S/c1-26(31(29,30)18-9-3-2-4-10-18)16-21(27)25-20-12-6-5-11-19(20)22(28)24-15-17-8-7-13-23-14-17/h2-14H,15-16H2,1H3,(H,24,28)(H,25,27). The van der Waals surface area contributed by atoms with Gasteiger partial charge in [0.05, 0.1) is 22.7 Å². The Kier molecular flexibility index (Phi) is 7.11. The van der Waals surface area contributed by atoms with E-state index in [4.69, 9.17) is 0 Å². The number of nitrogens with one attached hydrogen (secondary N) is 2. The van der Waals surface area contributed by atoms with Crippen molar-refractivity contribution in [3.05, 3.63) is 90.3 Å². The van der Waals surface area contributed by atoms with Gasteiger partial charge in [-0.15, -0.1) is 0 Å². The number of rotatable bonds is 8. The molecule has 2 N–H and O–H groups in total. The van der Waals surface area contributed by atoms with Gasteiger partial charge in [0.15, 0.2) is 0 Å². The average Bonchev–Trinajstić information content (AvgIpc) is 2.79. The number of hydrogen-bond donors (Lipinski definition) is 2. The molecule has 0 aliphatic heterocycles. The number of sulfonamides is 1. The van der Waals surface area contributed by atoms with E-state index in [1.54, 1.807) is 60.9 Å². The van der Waals surface area contributed by atoms with Crippen molar-refractivity contribution in [2.45, 2.75) is 11.4 Å².